The first kappa shape index (κ1) is 15.9. The van der Waals surface area contributed by atoms with Crippen molar-refractivity contribution in [1.82, 2.24) is 4.98 Å². The van der Waals surface area contributed by atoms with Crippen molar-refractivity contribution in [3.8, 4) is 6.07 Å². The van der Waals surface area contributed by atoms with Gasteiger partial charge in [-0.25, -0.2) is 4.98 Å². The van der Waals surface area contributed by atoms with Crippen molar-refractivity contribution < 1.29 is 23.1 Å². The maximum atomic E-state index is 13.0. The van der Waals surface area contributed by atoms with Crippen molar-refractivity contribution in [2.75, 3.05) is 18.0 Å². The molecule has 2 heterocycles. The quantitative estimate of drug-likeness (QED) is 0.834. The summed E-state index contributed by atoms with van der Waals surface area (Å²) in [5, 5.41) is 17.2. The number of aromatic nitrogens is 1. The molecule has 1 aliphatic carbocycles. The molecule has 1 spiro atoms. The SMILES string of the molecule is N#Cc1c(C(F)(F)F)cc(N2CC3(CC(C(=O)O)C3)C2)nc1Cl. The molecule has 3 rings (SSSR count). The molecule has 1 aromatic rings. The number of rotatable bonds is 2. The zero-order valence-electron chi connectivity index (χ0n) is 11.7. The maximum absolute atomic E-state index is 13.0. The van der Waals surface area contributed by atoms with Gasteiger partial charge in [-0.3, -0.25) is 4.79 Å². The topological polar surface area (TPSA) is 77.2 Å². The summed E-state index contributed by atoms with van der Waals surface area (Å²) in [6.45, 7) is 0.895. The minimum absolute atomic E-state index is 0.0609. The third-order valence-electron chi connectivity index (χ3n) is 4.46. The number of carbonyl (C=O) groups is 1. The van der Waals surface area contributed by atoms with E-state index in [1.165, 1.54) is 6.07 Å². The van der Waals surface area contributed by atoms with E-state index >= 15 is 0 Å². The average molecular weight is 346 g/mol. The molecular formula is C14H11ClF3N3O2. The molecule has 1 N–H and O–H groups in total. The number of nitrogens with zero attached hydrogens (tertiary/aromatic N) is 3. The third kappa shape index (κ3) is 2.59. The lowest BCUT2D eigenvalue weighted by molar-refractivity contribution is -0.151. The summed E-state index contributed by atoms with van der Waals surface area (Å²) in [5.41, 5.74) is -1.94. The van der Waals surface area contributed by atoms with Crippen LogP contribution in [0.25, 0.3) is 0 Å². The Bertz CT molecular complexity index is 715. The van der Waals surface area contributed by atoms with Gasteiger partial charge in [0.25, 0.3) is 0 Å². The first-order valence-electron chi connectivity index (χ1n) is 6.81. The molecule has 1 aromatic heterocycles. The second kappa shape index (κ2) is 4.99. The Hall–Kier alpha value is -2.01. The molecule has 5 nitrogen and oxygen atoms in total. The molecular weight excluding hydrogens is 335 g/mol. The lowest BCUT2D eigenvalue weighted by Crippen LogP contribution is -2.63. The van der Waals surface area contributed by atoms with E-state index in [1.807, 2.05) is 0 Å². The van der Waals surface area contributed by atoms with Gasteiger partial charge >= 0.3 is 12.1 Å². The summed E-state index contributed by atoms with van der Waals surface area (Å²) in [7, 11) is 0. The first-order valence-corrected chi connectivity index (χ1v) is 7.19. The van der Waals surface area contributed by atoms with Crippen molar-refractivity contribution in [2.45, 2.75) is 19.0 Å². The smallest absolute Gasteiger partial charge is 0.417 e. The van der Waals surface area contributed by atoms with Crippen molar-refractivity contribution in [3.63, 3.8) is 0 Å². The number of halogens is 4. The Morgan fingerprint density at radius 1 is 1.48 bits per heavy atom. The Balaban J connectivity index is 1.80. The van der Waals surface area contributed by atoms with Gasteiger partial charge in [0.1, 0.15) is 22.6 Å². The van der Waals surface area contributed by atoms with Crippen LogP contribution >= 0.6 is 11.6 Å². The number of aliphatic carboxylic acids is 1. The molecule has 9 heteroatoms. The van der Waals surface area contributed by atoms with Gasteiger partial charge in [-0.2, -0.15) is 18.4 Å². The molecule has 1 aliphatic heterocycles. The van der Waals surface area contributed by atoms with Gasteiger partial charge in [0.15, 0.2) is 0 Å². The largest absolute Gasteiger partial charge is 0.481 e. The van der Waals surface area contributed by atoms with E-state index < -0.39 is 28.4 Å². The van der Waals surface area contributed by atoms with E-state index in [1.54, 1.807) is 4.90 Å². The Kier molecular flexibility index (Phi) is 3.45. The molecule has 2 aliphatic rings. The van der Waals surface area contributed by atoms with Crippen LogP contribution in [0.1, 0.15) is 24.0 Å². The zero-order valence-corrected chi connectivity index (χ0v) is 12.4. The van der Waals surface area contributed by atoms with E-state index in [0.717, 1.165) is 6.07 Å². The van der Waals surface area contributed by atoms with Crippen LogP contribution in [-0.4, -0.2) is 29.1 Å². The lowest BCUT2D eigenvalue weighted by Gasteiger charge is -2.58. The third-order valence-corrected chi connectivity index (χ3v) is 4.74. The van der Waals surface area contributed by atoms with Crippen molar-refractivity contribution in [2.24, 2.45) is 11.3 Å². The van der Waals surface area contributed by atoms with Crippen LogP contribution < -0.4 is 4.90 Å². The summed E-state index contributed by atoms with van der Waals surface area (Å²) in [4.78, 5) is 16.3. The molecule has 0 bridgehead atoms. The van der Waals surface area contributed by atoms with Gasteiger partial charge in [-0.15, -0.1) is 0 Å². The van der Waals surface area contributed by atoms with Gasteiger partial charge in [0.05, 0.1) is 11.5 Å². The highest BCUT2D eigenvalue weighted by Gasteiger charge is 2.55. The highest BCUT2D eigenvalue weighted by Crippen LogP contribution is 2.53. The minimum atomic E-state index is -4.69. The van der Waals surface area contributed by atoms with Crippen molar-refractivity contribution >= 4 is 23.4 Å². The zero-order chi connectivity index (χ0) is 17.0. The van der Waals surface area contributed by atoms with E-state index in [2.05, 4.69) is 4.98 Å². The number of alkyl halides is 3. The van der Waals surface area contributed by atoms with Gasteiger partial charge in [-0.05, 0) is 18.9 Å². The fourth-order valence-electron chi connectivity index (χ4n) is 3.34. The average Bonchev–Trinajstić information content (AvgIpc) is 2.33. The molecule has 1 saturated carbocycles. The van der Waals surface area contributed by atoms with Crippen LogP contribution in [-0.2, 0) is 11.0 Å². The lowest BCUT2D eigenvalue weighted by atomic mass is 9.58. The minimum Gasteiger partial charge on any atom is -0.481 e. The van der Waals surface area contributed by atoms with Gasteiger partial charge < -0.3 is 10.0 Å². The first-order chi connectivity index (χ1) is 10.6. The normalized spacial score (nSPS) is 19.9. The van der Waals surface area contributed by atoms with Gasteiger partial charge in [0, 0.05) is 18.5 Å². The van der Waals surface area contributed by atoms with Crippen LogP contribution in [0, 0.1) is 22.7 Å². The fourth-order valence-corrected chi connectivity index (χ4v) is 3.57. The monoisotopic (exact) mass is 345 g/mol. The van der Waals surface area contributed by atoms with Gasteiger partial charge in [0.2, 0.25) is 0 Å². The second-order valence-corrected chi connectivity index (χ2v) is 6.46. The molecule has 122 valence electrons. The number of nitriles is 1. The molecule has 23 heavy (non-hydrogen) atoms. The number of carboxylic acid groups (broad SMARTS) is 1. The van der Waals surface area contributed by atoms with Crippen LogP contribution in [0.15, 0.2) is 6.07 Å². The van der Waals surface area contributed by atoms with Crippen LogP contribution in [0.2, 0.25) is 5.15 Å². The Morgan fingerprint density at radius 2 is 2.09 bits per heavy atom. The summed E-state index contributed by atoms with van der Waals surface area (Å²) in [6, 6.07) is 2.26. The van der Waals surface area contributed by atoms with Crippen molar-refractivity contribution in [1.29, 1.82) is 5.26 Å². The number of hydrogen-bond acceptors (Lipinski definition) is 4. The fraction of sp³-hybridized carbons (Fsp3) is 0.500. The predicted molar refractivity (Wildman–Crippen MR) is 74.0 cm³/mol. The maximum Gasteiger partial charge on any atom is 0.417 e. The van der Waals surface area contributed by atoms with Crippen LogP contribution in [0.5, 0.6) is 0 Å². The summed E-state index contributed by atoms with van der Waals surface area (Å²) < 4.78 is 39.1. The molecule has 0 aromatic carbocycles. The Labute approximate surface area is 134 Å². The highest BCUT2D eigenvalue weighted by molar-refractivity contribution is 6.30. The number of carboxylic acids is 1. The second-order valence-electron chi connectivity index (χ2n) is 6.10. The molecule has 0 radical (unpaired) electrons. The van der Waals surface area contributed by atoms with E-state index in [4.69, 9.17) is 22.0 Å². The van der Waals surface area contributed by atoms with E-state index in [-0.39, 0.29) is 17.2 Å². The summed E-state index contributed by atoms with van der Waals surface area (Å²) >= 11 is 5.71. The highest BCUT2D eigenvalue weighted by atomic mass is 35.5. The van der Waals surface area contributed by atoms with Crippen LogP contribution in [0.3, 0.4) is 0 Å². The molecule has 0 amide bonds. The predicted octanol–water partition coefficient (Wildman–Crippen LogP) is 2.93. The van der Waals surface area contributed by atoms with Crippen molar-refractivity contribution in [3.05, 3.63) is 22.3 Å². The van der Waals surface area contributed by atoms with E-state index in [0.29, 0.717) is 25.9 Å². The molecule has 0 unspecified atom stereocenters. The number of hydrogen-bond donors (Lipinski definition) is 1. The Morgan fingerprint density at radius 3 is 2.57 bits per heavy atom. The molecule has 2 fully saturated rings. The van der Waals surface area contributed by atoms with Gasteiger partial charge in [-0.1, -0.05) is 11.6 Å². The summed E-state index contributed by atoms with van der Waals surface area (Å²) in [6.07, 6.45) is -3.65. The molecule has 0 atom stereocenters. The number of anilines is 1. The standard InChI is InChI=1S/C14H11ClF3N3O2/c15-11-8(4-19)9(14(16,17)18)1-10(20-11)21-5-13(6-21)2-7(3-13)12(22)23/h1,7H,2-3,5-6H2,(H,22,23). The number of pyridine rings is 1. The van der Waals surface area contributed by atoms with E-state index in [9.17, 15) is 18.0 Å². The summed E-state index contributed by atoms with van der Waals surface area (Å²) in [5.74, 6) is -1.15. The molecule has 1 saturated heterocycles. The van der Waals surface area contributed by atoms with Crippen LogP contribution in [0.4, 0.5) is 19.0 Å².